The van der Waals surface area contributed by atoms with Gasteiger partial charge in [-0.3, -0.25) is 19.5 Å². The van der Waals surface area contributed by atoms with Crippen LogP contribution in [0.2, 0.25) is 5.02 Å². The van der Waals surface area contributed by atoms with E-state index >= 15 is 0 Å². The van der Waals surface area contributed by atoms with E-state index in [9.17, 15) is 19.1 Å². The number of benzene rings is 2. The summed E-state index contributed by atoms with van der Waals surface area (Å²) in [5.74, 6) is -2.52. The summed E-state index contributed by atoms with van der Waals surface area (Å²) >= 11 is 6.08. The van der Waals surface area contributed by atoms with E-state index in [0.29, 0.717) is 16.3 Å². The highest BCUT2D eigenvalue weighted by Gasteiger charge is 2.47. The van der Waals surface area contributed by atoms with Crippen LogP contribution in [0.15, 0.2) is 78.6 Å². The minimum Gasteiger partial charge on any atom is -0.507 e. The Hall–Kier alpha value is -3.51. The molecule has 29 heavy (non-hydrogen) atoms. The van der Waals surface area contributed by atoms with Gasteiger partial charge >= 0.3 is 0 Å². The van der Waals surface area contributed by atoms with Crippen LogP contribution in [0.4, 0.5) is 10.1 Å². The summed E-state index contributed by atoms with van der Waals surface area (Å²) in [6.45, 7) is 0. The Morgan fingerprint density at radius 2 is 1.83 bits per heavy atom. The van der Waals surface area contributed by atoms with Crippen LogP contribution in [0, 0.1) is 5.82 Å². The lowest BCUT2D eigenvalue weighted by Gasteiger charge is -2.25. The first-order valence-corrected chi connectivity index (χ1v) is 9.07. The molecule has 0 radical (unpaired) electrons. The van der Waals surface area contributed by atoms with Gasteiger partial charge in [0.1, 0.15) is 11.6 Å². The summed E-state index contributed by atoms with van der Waals surface area (Å²) in [5.41, 5.74) is 1.07. The predicted octanol–water partition coefficient (Wildman–Crippen LogP) is 4.50. The Bertz CT molecular complexity index is 1130. The normalized spacial score (nSPS) is 18.3. The van der Waals surface area contributed by atoms with Gasteiger partial charge < -0.3 is 5.11 Å². The number of carbonyl (C=O) groups is 2. The maximum Gasteiger partial charge on any atom is 0.300 e. The number of aliphatic hydroxyl groups is 1. The van der Waals surface area contributed by atoms with E-state index in [0.717, 1.165) is 0 Å². The van der Waals surface area contributed by atoms with Gasteiger partial charge in [0.05, 0.1) is 11.6 Å². The number of hydrogen-bond acceptors (Lipinski definition) is 4. The van der Waals surface area contributed by atoms with Crippen LogP contribution in [0.3, 0.4) is 0 Å². The second-order valence-electron chi connectivity index (χ2n) is 6.44. The molecule has 1 aromatic heterocycles. The zero-order chi connectivity index (χ0) is 20.5. The number of anilines is 1. The van der Waals surface area contributed by atoms with Crippen molar-refractivity contribution < 1.29 is 19.1 Å². The lowest BCUT2D eigenvalue weighted by molar-refractivity contribution is -0.132. The van der Waals surface area contributed by atoms with Gasteiger partial charge in [-0.05, 0) is 54.1 Å². The van der Waals surface area contributed by atoms with Crippen molar-refractivity contribution in [3.05, 3.63) is 101 Å². The highest BCUT2D eigenvalue weighted by molar-refractivity contribution is 6.51. The van der Waals surface area contributed by atoms with Crippen molar-refractivity contribution in [2.45, 2.75) is 6.04 Å². The molecule has 4 rings (SSSR count). The van der Waals surface area contributed by atoms with Crippen molar-refractivity contribution in [3.63, 3.8) is 0 Å². The number of pyridine rings is 1. The molecule has 1 fully saturated rings. The van der Waals surface area contributed by atoms with E-state index in [2.05, 4.69) is 4.98 Å². The molecule has 7 heteroatoms. The van der Waals surface area contributed by atoms with Crippen LogP contribution in [0.25, 0.3) is 5.76 Å². The quantitative estimate of drug-likeness (QED) is 0.393. The predicted molar refractivity (Wildman–Crippen MR) is 107 cm³/mol. The number of aromatic nitrogens is 1. The average Bonchev–Trinajstić information content (AvgIpc) is 2.99. The molecule has 1 aliphatic heterocycles. The Morgan fingerprint density at radius 3 is 2.48 bits per heavy atom. The van der Waals surface area contributed by atoms with Crippen LogP contribution in [-0.4, -0.2) is 21.8 Å². The second-order valence-corrected chi connectivity index (χ2v) is 6.88. The number of rotatable bonds is 3. The number of carbonyl (C=O) groups excluding carboxylic acids is 2. The molecule has 2 heterocycles. The molecule has 1 aliphatic rings. The molecule has 0 spiro atoms. The van der Waals surface area contributed by atoms with Crippen LogP contribution in [0.5, 0.6) is 0 Å². The number of ketones is 1. The smallest absolute Gasteiger partial charge is 0.300 e. The summed E-state index contributed by atoms with van der Waals surface area (Å²) in [6, 6.07) is 14.0. The SMILES string of the molecule is O=C1C(=O)N(c2cccc(Cl)c2)C(c2cccnc2)/C1=C(\O)c1ccc(F)cc1. The molecule has 0 saturated carbocycles. The standard InChI is InChI=1S/C22H14ClFN2O3/c23-15-4-1-5-17(11-15)26-19(14-3-2-10-25-12-14)18(21(28)22(26)29)20(27)13-6-8-16(24)9-7-13/h1-12,19,27H/b20-18+. The zero-order valence-corrected chi connectivity index (χ0v) is 15.7. The molecule has 144 valence electrons. The first-order chi connectivity index (χ1) is 14.0. The monoisotopic (exact) mass is 408 g/mol. The van der Waals surface area contributed by atoms with Crippen molar-refractivity contribution in [2.24, 2.45) is 0 Å². The molecule has 2 aromatic carbocycles. The van der Waals surface area contributed by atoms with Crippen molar-refractivity contribution in [2.75, 3.05) is 4.90 Å². The summed E-state index contributed by atoms with van der Waals surface area (Å²) in [6.07, 6.45) is 3.08. The largest absolute Gasteiger partial charge is 0.507 e. The average molecular weight is 409 g/mol. The molecule has 0 bridgehead atoms. The molecule has 1 atom stereocenters. The Labute approximate surface area is 170 Å². The fourth-order valence-corrected chi connectivity index (χ4v) is 3.53. The van der Waals surface area contributed by atoms with Crippen LogP contribution >= 0.6 is 11.6 Å². The first kappa shape index (κ1) is 18.8. The number of hydrogen-bond donors (Lipinski definition) is 1. The van der Waals surface area contributed by atoms with Crippen LogP contribution in [0.1, 0.15) is 17.2 Å². The molecule has 1 unspecified atom stereocenters. The third-order valence-electron chi connectivity index (χ3n) is 4.65. The van der Waals surface area contributed by atoms with E-state index in [1.54, 1.807) is 42.6 Å². The summed E-state index contributed by atoms with van der Waals surface area (Å²) in [4.78, 5) is 31.2. The summed E-state index contributed by atoms with van der Waals surface area (Å²) in [7, 11) is 0. The van der Waals surface area contributed by atoms with Gasteiger partial charge in [0, 0.05) is 28.7 Å². The van der Waals surface area contributed by atoms with Gasteiger partial charge in [-0.1, -0.05) is 23.7 Å². The fourth-order valence-electron chi connectivity index (χ4n) is 3.34. The lowest BCUT2D eigenvalue weighted by Crippen LogP contribution is -2.29. The topological polar surface area (TPSA) is 70.5 Å². The van der Waals surface area contributed by atoms with Crippen LogP contribution < -0.4 is 4.90 Å². The number of halogens is 2. The van der Waals surface area contributed by atoms with Gasteiger partial charge in [-0.2, -0.15) is 0 Å². The fraction of sp³-hybridized carbons (Fsp3) is 0.0455. The highest BCUT2D eigenvalue weighted by atomic mass is 35.5. The van der Waals surface area contributed by atoms with Crippen molar-refractivity contribution in [1.82, 2.24) is 4.98 Å². The Kier molecular flexibility index (Phi) is 4.86. The van der Waals surface area contributed by atoms with E-state index in [-0.39, 0.29) is 16.9 Å². The number of nitrogens with zero attached hydrogens (tertiary/aromatic N) is 2. The molecule has 3 aromatic rings. The molecular weight excluding hydrogens is 395 g/mol. The van der Waals surface area contributed by atoms with Crippen molar-refractivity contribution >= 4 is 34.7 Å². The highest BCUT2D eigenvalue weighted by Crippen LogP contribution is 2.42. The molecule has 5 nitrogen and oxygen atoms in total. The van der Waals surface area contributed by atoms with Crippen molar-refractivity contribution in [1.29, 1.82) is 0 Å². The van der Waals surface area contributed by atoms with Crippen molar-refractivity contribution in [3.8, 4) is 0 Å². The number of amides is 1. The summed E-state index contributed by atoms with van der Waals surface area (Å²) in [5, 5.41) is 11.3. The van der Waals surface area contributed by atoms with E-state index in [1.807, 2.05) is 0 Å². The second kappa shape index (κ2) is 7.48. The van der Waals surface area contributed by atoms with E-state index < -0.39 is 23.5 Å². The van der Waals surface area contributed by atoms with Gasteiger partial charge in [0.2, 0.25) is 0 Å². The first-order valence-electron chi connectivity index (χ1n) is 8.70. The van der Waals surface area contributed by atoms with E-state index in [4.69, 9.17) is 11.6 Å². The molecule has 1 N–H and O–H groups in total. The maximum atomic E-state index is 13.3. The number of Topliss-reactive ketones (excluding diaryl/α,β-unsaturated/α-hetero) is 1. The van der Waals surface area contributed by atoms with Gasteiger partial charge in [0.15, 0.2) is 0 Å². The van der Waals surface area contributed by atoms with Gasteiger partial charge in [-0.25, -0.2) is 4.39 Å². The van der Waals surface area contributed by atoms with E-state index in [1.165, 1.54) is 35.4 Å². The minimum atomic E-state index is -0.910. The maximum absolute atomic E-state index is 13.3. The third-order valence-corrected chi connectivity index (χ3v) is 4.88. The molecule has 1 saturated heterocycles. The van der Waals surface area contributed by atoms with Gasteiger partial charge in [0.25, 0.3) is 11.7 Å². The Morgan fingerprint density at radius 1 is 1.07 bits per heavy atom. The number of aliphatic hydroxyl groups excluding tert-OH is 1. The Balaban J connectivity index is 1.94. The lowest BCUT2D eigenvalue weighted by atomic mass is 9.96. The summed E-state index contributed by atoms with van der Waals surface area (Å²) < 4.78 is 13.3. The minimum absolute atomic E-state index is 0.102. The molecular formula is C22H14ClFN2O3. The molecule has 1 amide bonds. The third kappa shape index (κ3) is 3.39. The zero-order valence-electron chi connectivity index (χ0n) is 14.9. The molecule has 0 aliphatic carbocycles. The van der Waals surface area contributed by atoms with Gasteiger partial charge in [-0.15, -0.1) is 0 Å². The van der Waals surface area contributed by atoms with Crippen LogP contribution in [-0.2, 0) is 9.59 Å².